The largest absolute Gasteiger partial charge is 0.437 e. The highest BCUT2D eigenvalue weighted by molar-refractivity contribution is 8.12. The normalized spacial score (nSPS) is 12.7. The highest BCUT2D eigenvalue weighted by Crippen LogP contribution is 2.28. The summed E-state index contributed by atoms with van der Waals surface area (Å²) in [5.74, 6) is -0.757. The van der Waals surface area contributed by atoms with Crippen LogP contribution in [0.15, 0.2) is 0 Å². The van der Waals surface area contributed by atoms with Crippen molar-refractivity contribution < 1.29 is 73.2 Å². The number of halogens is 4. The molecule has 0 unspecified atom stereocenters. The molecular weight excluding hydrogens is 625 g/mol. The van der Waals surface area contributed by atoms with Crippen LogP contribution in [-0.4, -0.2) is 111 Å². The molecule has 0 spiro atoms. The van der Waals surface area contributed by atoms with Gasteiger partial charge in [-0.1, -0.05) is 0 Å². The molecule has 0 atom stereocenters. The van der Waals surface area contributed by atoms with Crippen LogP contribution in [-0.2, 0) is 59.8 Å². The third-order valence-electron chi connectivity index (χ3n) is 1.31. The zero-order valence-corrected chi connectivity index (χ0v) is 24.0. The summed E-state index contributed by atoms with van der Waals surface area (Å²) in [5.41, 5.74) is 0. The number of sulfone groups is 2. The van der Waals surface area contributed by atoms with Crippen molar-refractivity contribution in [3.05, 3.63) is 8.25 Å². The van der Waals surface area contributed by atoms with Gasteiger partial charge in [0.1, 0.15) is 35.8 Å². The van der Waals surface area contributed by atoms with E-state index in [0.717, 1.165) is 18.8 Å². The van der Waals surface area contributed by atoms with E-state index in [0.29, 0.717) is 19.7 Å². The van der Waals surface area contributed by atoms with Crippen LogP contribution in [0.2, 0.25) is 0 Å². The topological polar surface area (TPSA) is 253 Å². The molecule has 25 heteroatoms. The second kappa shape index (κ2) is 16.9. The molecule has 15 nitrogen and oxygen atoms in total. The SMILES string of the molecule is CC(F)(F)S(=O)(=O)[N-]S(=O)(=O)CF.CF.CS(=O)(=O)CO.CS(=O)(=O)[N-]S(C)(=O)=O.CS(C)(=O)=O. The zero-order chi connectivity index (χ0) is 30.3. The summed E-state index contributed by atoms with van der Waals surface area (Å²) < 4.78 is 170. The number of nitrogens with zero attached hydrogens (tertiary/aromatic N) is 2. The first-order valence-electron chi connectivity index (χ1n) is 7.39. The third-order valence-corrected chi connectivity index (χ3v) is 6.82. The van der Waals surface area contributed by atoms with Gasteiger partial charge in [-0.3, -0.25) is 4.39 Å². The number of rotatable bonds is 7. The predicted octanol–water partition coefficient (Wildman–Crippen LogP) is -0.934. The molecule has 0 aliphatic heterocycles. The Kier molecular flexibility index (Phi) is 21.4. The fourth-order valence-electron chi connectivity index (χ4n) is 0.481. The van der Waals surface area contributed by atoms with Gasteiger partial charge < -0.3 is 13.4 Å². The van der Waals surface area contributed by atoms with E-state index in [-0.39, 0.29) is 6.92 Å². The van der Waals surface area contributed by atoms with Crippen LogP contribution in [0.3, 0.4) is 0 Å². The van der Waals surface area contributed by atoms with Crippen LogP contribution in [0.4, 0.5) is 17.6 Å². The molecule has 0 aromatic heterocycles. The molecule has 0 saturated carbocycles. The van der Waals surface area contributed by atoms with Gasteiger partial charge in [0.05, 0.1) is 27.2 Å². The van der Waals surface area contributed by atoms with Crippen molar-refractivity contribution in [2.75, 3.05) is 50.4 Å². The highest BCUT2D eigenvalue weighted by Gasteiger charge is 2.34. The third kappa shape index (κ3) is 47.2. The maximum Gasteiger partial charge on any atom is 0.327 e. The quantitative estimate of drug-likeness (QED) is 0.327. The monoisotopic (exact) mass is 650 g/mol. The first-order chi connectivity index (χ1) is 14.8. The summed E-state index contributed by atoms with van der Waals surface area (Å²) >= 11 is 0. The molecule has 0 aliphatic rings. The first kappa shape index (κ1) is 44.3. The van der Waals surface area contributed by atoms with E-state index in [4.69, 9.17) is 5.11 Å². The minimum Gasteiger partial charge on any atom is -0.437 e. The second-order valence-corrected chi connectivity index (χ2v) is 17.4. The van der Waals surface area contributed by atoms with Gasteiger partial charge in [-0.2, -0.15) is 8.78 Å². The van der Waals surface area contributed by atoms with Crippen LogP contribution in [0.25, 0.3) is 8.25 Å². The molecular formula is C10H26F4N2O13S6-2. The molecule has 0 bridgehead atoms. The lowest BCUT2D eigenvalue weighted by Crippen LogP contribution is -2.25. The number of hydrogen-bond acceptors (Lipinski definition) is 13. The number of aliphatic hydroxyl groups is 1. The van der Waals surface area contributed by atoms with Gasteiger partial charge in [-0.15, -0.1) is 0 Å². The maximum atomic E-state index is 12.1. The Hall–Kier alpha value is -0.700. The van der Waals surface area contributed by atoms with Crippen molar-refractivity contribution in [1.29, 1.82) is 0 Å². The summed E-state index contributed by atoms with van der Waals surface area (Å²) in [6, 6.07) is -2.14. The smallest absolute Gasteiger partial charge is 0.327 e. The van der Waals surface area contributed by atoms with Crippen LogP contribution in [0.1, 0.15) is 6.92 Å². The van der Waals surface area contributed by atoms with Crippen LogP contribution in [0.5, 0.6) is 0 Å². The van der Waals surface area contributed by atoms with Crippen molar-refractivity contribution in [1.82, 2.24) is 0 Å². The Labute approximate surface area is 203 Å². The Morgan fingerprint density at radius 1 is 0.686 bits per heavy atom. The van der Waals surface area contributed by atoms with E-state index in [9.17, 15) is 68.1 Å². The minimum absolute atomic E-state index is 0.0560. The lowest BCUT2D eigenvalue weighted by molar-refractivity contribution is 0.116. The summed E-state index contributed by atoms with van der Waals surface area (Å²) in [6.07, 6.45) is 4.72. The Morgan fingerprint density at radius 2 is 0.914 bits per heavy atom. The summed E-state index contributed by atoms with van der Waals surface area (Å²) in [6.45, 7) is -0.0560. The van der Waals surface area contributed by atoms with E-state index < -0.39 is 77.0 Å². The van der Waals surface area contributed by atoms with E-state index >= 15 is 0 Å². The maximum absolute atomic E-state index is 12.1. The van der Waals surface area contributed by atoms with Crippen molar-refractivity contribution in [2.24, 2.45) is 0 Å². The van der Waals surface area contributed by atoms with Crippen molar-refractivity contribution in [3.8, 4) is 0 Å². The first-order valence-corrected chi connectivity index (χ1v) is 18.5. The fourth-order valence-corrected chi connectivity index (χ4v) is 4.33. The summed E-state index contributed by atoms with van der Waals surface area (Å²) in [4.78, 5) is 0. The van der Waals surface area contributed by atoms with Gasteiger partial charge in [0.2, 0.25) is 0 Å². The van der Waals surface area contributed by atoms with Gasteiger partial charge in [-0.25, -0.2) is 54.9 Å². The zero-order valence-electron chi connectivity index (χ0n) is 19.1. The lowest BCUT2D eigenvalue weighted by atomic mass is 10.9. The van der Waals surface area contributed by atoms with Crippen LogP contribution in [0, 0.1) is 0 Å². The van der Waals surface area contributed by atoms with Gasteiger partial charge in [0.25, 0.3) is 0 Å². The Balaban J connectivity index is -0.000000119. The molecule has 0 rings (SSSR count). The minimum atomic E-state index is -5.50. The Morgan fingerprint density at radius 3 is 1.00 bits per heavy atom. The molecule has 1 N–H and O–H groups in total. The molecule has 35 heavy (non-hydrogen) atoms. The Bertz CT molecular complexity index is 1200. The number of hydrogen-bond donors (Lipinski definition) is 1. The van der Waals surface area contributed by atoms with Crippen molar-refractivity contribution in [2.45, 2.75) is 12.2 Å². The van der Waals surface area contributed by atoms with Crippen molar-refractivity contribution in [3.63, 3.8) is 0 Å². The molecule has 0 amide bonds. The van der Waals surface area contributed by atoms with Crippen molar-refractivity contribution >= 4 is 59.8 Å². The second-order valence-electron chi connectivity index (χ2n) is 5.79. The van der Waals surface area contributed by atoms with Gasteiger partial charge in [-0.05, 0) is 0 Å². The average Bonchev–Trinajstić information content (AvgIpc) is 2.50. The predicted molar refractivity (Wildman–Crippen MR) is 121 cm³/mol. The van der Waals surface area contributed by atoms with E-state index in [1.807, 2.05) is 0 Å². The van der Waals surface area contributed by atoms with Crippen LogP contribution >= 0.6 is 0 Å². The molecule has 220 valence electrons. The number of aliphatic hydroxyl groups excluding tert-OH is 1. The number of sulfonamides is 4. The fraction of sp³-hybridized carbons (Fsp3) is 1.00. The number of alkyl halides is 4. The molecule has 0 aliphatic carbocycles. The van der Waals surface area contributed by atoms with Gasteiger partial charge >= 0.3 is 5.25 Å². The highest BCUT2D eigenvalue weighted by atomic mass is 32.3. The summed E-state index contributed by atoms with van der Waals surface area (Å²) in [7, 11) is -23.2. The van der Waals surface area contributed by atoms with Crippen LogP contribution < -0.4 is 0 Å². The molecule has 0 aromatic rings. The lowest BCUT2D eigenvalue weighted by Gasteiger charge is -2.22. The molecule has 0 heterocycles. The molecule has 0 radical (unpaired) electrons. The van der Waals surface area contributed by atoms with Gasteiger partial charge in [0.15, 0.2) is 15.8 Å². The van der Waals surface area contributed by atoms with E-state index in [1.54, 1.807) is 4.13 Å². The molecule has 0 fully saturated rings. The molecule has 0 aromatic carbocycles. The molecule has 0 saturated heterocycles. The van der Waals surface area contributed by atoms with E-state index in [2.05, 4.69) is 4.13 Å². The van der Waals surface area contributed by atoms with Gasteiger partial charge in [0, 0.05) is 38.2 Å². The van der Waals surface area contributed by atoms with E-state index in [1.165, 1.54) is 0 Å². The average molecular weight is 651 g/mol. The standard InChI is InChI=1S/C3H5F3NO4S2.C2H6NO4S2.C2H6O3S.C2H6O2S.CH3F/c1-3(5,6)13(10,11)7-12(8,9)2-4;1-8(4,5)3-9(2,6)7;1-6(4,5)2-3;1-5(2,3)4;1-2/h2H2,1H3;1-2H3;3H,2H2,1H3;1-2H3;1H3/q2*-1;;;. The summed E-state index contributed by atoms with van der Waals surface area (Å²) in [5, 5.41) is 3.48.